The molecule has 0 saturated heterocycles. The predicted molar refractivity (Wildman–Crippen MR) is 82.8 cm³/mol. The van der Waals surface area contributed by atoms with Crippen molar-refractivity contribution in [3.8, 4) is 5.75 Å². The maximum atomic E-state index is 12.2. The van der Waals surface area contributed by atoms with Gasteiger partial charge in [0.2, 0.25) is 5.91 Å². The lowest BCUT2D eigenvalue weighted by Gasteiger charge is -2.25. The zero-order chi connectivity index (χ0) is 16.8. The van der Waals surface area contributed by atoms with E-state index >= 15 is 0 Å². The third-order valence-electron chi connectivity index (χ3n) is 3.93. The Balaban J connectivity index is 1.89. The zero-order valence-corrected chi connectivity index (χ0v) is 12.7. The van der Waals surface area contributed by atoms with Gasteiger partial charge in [0.15, 0.2) is 6.61 Å². The summed E-state index contributed by atoms with van der Waals surface area (Å²) in [5.41, 5.74) is 5.58. The summed E-state index contributed by atoms with van der Waals surface area (Å²) in [6.07, 6.45) is 2.19. The summed E-state index contributed by atoms with van der Waals surface area (Å²) in [5, 5.41) is 11.8. The van der Waals surface area contributed by atoms with Crippen LogP contribution in [-0.4, -0.2) is 29.5 Å². The molecule has 1 fully saturated rings. The Bertz CT molecular complexity index is 594. The van der Waals surface area contributed by atoms with Crippen LogP contribution >= 0.6 is 0 Å². The number of carboxylic acids is 1. The Morgan fingerprint density at radius 2 is 1.83 bits per heavy atom. The largest absolute Gasteiger partial charge is 0.484 e. The van der Waals surface area contributed by atoms with Gasteiger partial charge in [0.25, 0.3) is 5.91 Å². The number of rotatable bonds is 6. The topological polar surface area (TPSA) is 119 Å². The number of carbonyl (C=O) groups excluding carboxylic acids is 2. The van der Waals surface area contributed by atoms with Crippen LogP contribution in [0.4, 0.5) is 5.69 Å². The first kappa shape index (κ1) is 16.8. The highest BCUT2D eigenvalue weighted by atomic mass is 16.5. The maximum Gasteiger partial charge on any atom is 0.306 e. The number of hydrogen-bond acceptors (Lipinski definition) is 4. The van der Waals surface area contributed by atoms with E-state index < -0.39 is 11.9 Å². The molecule has 7 heteroatoms. The van der Waals surface area contributed by atoms with Crippen LogP contribution in [0, 0.1) is 11.8 Å². The van der Waals surface area contributed by atoms with Gasteiger partial charge in [-0.25, -0.2) is 0 Å². The summed E-state index contributed by atoms with van der Waals surface area (Å²) in [6.45, 7) is -0.226. The molecular formula is C16H20N2O5. The fourth-order valence-corrected chi connectivity index (χ4v) is 2.66. The maximum absolute atomic E-state index is 12.2. The zero-order valence-electron chi connectivity index (χ0n) is 12.7. The van der Waals surface area contributed by atoms with Crippen molar-refractivity contribution in [3.05, 3.63) is 24.3 Å². The first-order valence-corrected chi connectivity index (χ1v) is 7.50. The number of hydrogen-bond donors (Lipinski definition) is 3. The predicted octanol–water partition coefficient (Wildman–Crippen LogP) is 1.38. The fourth-order valence-electron chi connectivity index (χ4n) is 2.66. The summed E-state index contributed by atoms with van der Waals surface area (Å²) >= 11 is 0. The highest BCUT2D eigenvalue weighted by molar-refractivity contribution is 5.92. The number of nitrogens with two attached hydrogens (primary N) is 1. The second-order valence-corrected chi connectivity index (χ2v) is 5.66. The lowest BCUT2D eigenvalue weighted by atomic mass is 9.81. The second kappa shape index (κ2) is 7.62. The molecule has 0 aromatic heterocycles. The van der Waals surface area contributed by atoms with E-state index in [9.17, 15) is 14.4 Å². The first-order valence-electron chi connectivity index (χ1n) is 7.50. The van der Waals surface area contributed by atoms with Gasteiger partial charge in [0.05, 0.1) is 5.92 Å². The van der Waals surface area contributed by atoms with Crippen LogP contribution in [-0.2, 0) is 14.4 Å². The number of primary amides is 1. The molecule has 0 heterocycles. The van der Waals surface area contributed by atoms with Gasteiger partial charge in [-0.3, -0.25) is 14.4 Å². The minimum Gasteiger partial charge on any atom is -0.484 e. The van der Waals surface area contributed by atoms with Crippen molar-refractivity contribution in [3.63, 3.8) is 0 Å². The minimum atomic E-state index is -0.789. The SMILES string of the molecule is NC(=O)COc1cccc(NC(=O)C2CCC(C(=O)O)CC2)c1. The van der Waals surface area contributed by atoms with Gasteiger partial charge in [-0.15, -0.1) is 0 Å². The van der Waals surface area contributed by atoms with E-state index in [4.69, 9.17) is 15.6 Å². The highest BCUT2D eigenvalue weighted by Gasteiger charge is 2.29. The summed E-state index contributed by atoms with van der Waals surface area (Å²) < 4.78 is 5.18. The van der Waals surface area contributed by atoms with Gasteiger partial charge < -0.3 is 20.9 Å². The van der Waals surface area contributed by atoms with Crippen LogP contribution in [0.5, 0.6) is 5.75 Å². The van der Waals surface area contributed by atoms with Crippen LogP contribution in [0.15, 0.2) is 24.3 Å². The lowest BCUT2D eigenvalue weighted by Crippen LogP contribution is -2.29. The summed E-state index contributed by atoms with van der Waals surface area (Å²) in [7, 11) is 0. The third kappa shape index (κ3) is 4.98. The molecule has 2 amide bonds. The van der Waals surface area contributed by atoms with Crippen LogP contribution in [0.1, 0.15) is 25.7 Å². The van der Waals surface area contributed by atoms with E-state index in [-0.39, 0.29) is 24.3 Å². The molecule has 1 aliphatic rings. The fraction of sp³-hybridized carbons (Fsp3) is 0.438. The standard InChI is InChI=1S/C16H20N2O5/c17-14(19)9-23-13-3-1-2-12(8-13)18-15(20)10-4-6-11(7-5-10)16(21)22/h1-3,8,10-11H,4-7,9H2,(H2,17,19)(H,18,20)(H,21,22). The van der Waals surface area contributed by atoms with E-state index in [0.717, 1.165) is 0 Å². The summed E-state index contributed by atoms with van der Waals surface area (Å²) in [6, 6.07) is 6.70. The number of aliphatic carboxylic acids is 1. The van der Waals surface area contributed by atoms with E-state index in [1.54, 1.807) is 24.3 Å². The molecule has 124 valence electrons. The molecule has 0 radical (unpaired) electrons. The Morgan fingerprint density at radius 3 is 2.43 bits per heavy atom. The molecule has 0 aliphatic heterocycles. The van der Waals surface area contributed by atoms with Crippen LogP contribution in [0.3, 0.4) is 0 Å². The summed E-state index contributed by atoms with van der Waals surface area (Å²) in [4.78, 5) is 33.9. The number of nitrogens with one attached hydrogen (secondary N) is 1. The smallest absolute Gasteiger partial charge is 0.306 e. The molecule has 1 aliphatic carbocycles. The molecule has 2 rings (SSSR count). The van der Waals surface area contributed by atoms with E-state index in [1.807, 2.05) is 0 Å². The quantitative estimate of drug-likeness (QED) is 0.731. The molecular weight excluding hydrogens is 300 g/mol. The molecule has 0 atom stereocenters. The Kier molecular flexibility index (Phi) is 5.56. The number of carboxylic acid groups (broad SMARTS) is 1. The Labute approximate surface area is 133 Å². The molecule has 0 unspecified atom stereocenters. The van der Waals surface area contributed by atoms with Crippen molar-refractivity contribution in [1.29, 1.82) is 0 Å². The van der Waals surface area contributed by atoms with Gasteiger partial charge >= 0.3 is 5.97 Å². The Morgan fingerprint density at radius 1 is 1.17 bits per heavy atom. The lowest BCUT2D eigenvalue weighted by molar-refractivity contribution is -0.143. The van der Waals surface area contributed by atoms with E-state index in [2.05, 4.69) is 5.32 Å². The van der Waals surface area contributed by atoms with Crippen molar-refractivity contribution in [1.82, 2.24) is 0 Å². The molecule has 1 saturated carbocycles. The average Bonchev–Trinajstić information content (AvgIpc) is 2.53. The minimum absolute atomic E-state index is 0.124. The molecule has 23 heavy (non-hydrogen) atoms. The van der Waals surface area contributed by atoms with Crippen molar-refractivity contribution in [2.75, 3.05) is 11.9 Å². The third-order valence-corrected chi connectivity index (χ3v) is 3.93. The van der Waals surface area contributed by atoms with Crippen molar-refractivity contribution in [2.24, 2.45) is 17.6 Å². The average molecular weight is 320 g/mol. The number of benzene rings is 1. The highest BCUT2D eigenvalue weighted by Crippen LogP contribution is 2.30. The van der Waals surface area contributed by atoms with Crippen LogP contribution in [0.2, 0.25) is 0 Å². The van der Waals surface area contributed by atoms with E-state index in [0.29, 0.717) is 37.1 Å². The molecule has 4 N–H and O–H groups in total. The monoisotopic (exact) mass is 320 g/mol. The number of ether oxygens (including phenoxy) is 1. The van der Waals surface area contributed by atoms with Crippen molar-refractivity contribution < 1.29 is 24.2 Å². The van der Waals surface area contributed by atoms with Gasteiger partial charge in [-0.05, 0) is 37.8 Å². The molecule has 0 bridgehead atoms. The first-order chi connectivity index (χ1) is 11.0. The number of carbonyl (C=O) groups is 3. The van der Waals surface area contributed by atoms with Crippen molar-refractivity contribution >= 4 is 23.5 Å². The molecule has 0 spiro atoms. The van der Waals surface area contributed by atoms with Gasteiger partial charge in [0, 0.05) is 17.7 Å². The number of anilines is 1. The van der Waals surface area contributed by atoms with Crippen LogP contribution < -0.4 is 15.8 Å². The Hall–Kier alpha value is -2.57. The van der Waals surface area contributed by atoms with E-state index in [1.165, 1.54) is 0 Å². The van der Waals surface area contributed by atoms with Gasteiger partial charge in [0.1, 0.15) is 5.75 Å². The second-order valence-electron chi connectivity index (χ2n) is 5.66. The van der Waals surface area contributed by atoms with Gasteiger partial charge in [-0.2, -0.15) is 0 Å². The molecule has 7 nitrogen and oxygen atoms in total. The van der Waals surface area contributed by atoms with Gasteiger partial charge in [-0.1, -0.05) is 6.07 Å². The van der Waals surface area contributed by atoms with Crippen LogP contribution in [0.25, 0.3) is 0 Å². The summed E-state index contributed by atoms with van der Waals surface area (Å²) in [5.74, 6) is -1.57. The number of amides is 2. The molecule has 1 aromatic rings. The normalized spacial score (nSPS) is 20.5. The molecule has 1 aromatic carbocycles. The van der Waals surface area contributed by atoms with Crippen molar-refractivity contribution in [2.45, 2.75) is 25.7 Å².